The topological polar surface area (TPSA) is 56.5 Å². The maximum Gasteiger partial charge on any atom is 0.162 e. The van der Waals surface area contributed by atoms with Crippen LogP contribution in [-0.2, 0) is 0 Å². The molecule has 2 heterocycles. The largest absolute Gasteiger partial charge is 0.507 e. The van der Waals surface area contributed by atoms with Gasteiger partial charge in [-0.25, -0.2) is 4.68 Å². The number of rotatable bonds is 3. The molecule has 0 spiro atoms. The van der Waals surface area contributed by atoms with Crippen LogP contribution in [0.2, 0.25) is 5.02 Å². The second kappa shape index (κ2) is 7.18. The Labute approximate surface area is 172 Å². The molecule has 0 saturated carbocycles. The first-order chi connectivity index (χ1) is 14.2. The number of fused-ring (bicyclic) bond motifs is 1. The van der Waals surface area contributed by atoms with Gasteiger partial charge in [-0.05, 0) is 54.6 Å². The number of hydrogen-bond donors (Lipinski definition) is 1. The summed E-state index contributed by atoms with van der Waals surface area (Å²) in [4.78, 5) is 0. The summed E-state index contributed by atoms with van der Waals surface area (Å²) in [7, 11) is 0. The molecule has 144 valence electrons. The molecule has 0 fully saturated rings. The van der Waals surface area contributed by atoms with E-state index in [1.807, 2.05) is 54.6 Å². The van der Waals surface area contributed by atoms with Crippen molar-refractivity contribution in [3.63, 3.8) is 0 Å². The van der Waals surface area contributed by atoms with E-state index >= 15 is 0 Å². The van der Waals surface area contributed by atoms with Gasteiger partial charge in [0.15, 0.2) is 11.5 Å². The quantitative estimate of drug-likeness (QED) is 0.501. The van der Waals surface area contributed by atoms with Crippen molar-refractivity contribution >= 4 is 11.6 Å². The number of halogens is 1. The Morgan fingerprint density at radius 1 is 0.862 bits per heavy atom. The van der Waals surface area contributed by atoms with Crippen LogP contribution in [0.25, 0.3) is 28.2 Å². The number of phenols is 1. The molecule has 3 aromatic carbocycles. The number of phenolic OH excluding ortho intramolecular Hbond substituents is 1. The molecule has 0 aliphatic carbocycles. The third-order valence-electron chi connectivity index (χ3n) is 4.78. The average molecular weight is 405 g/mol. The van der Waals surface area contributed by atoms with Gasteiger partial charge in [0.25, 0.3) is 0 Å². The minimum absolute atomic E-state index is 0.139. The van der Waals surface area contributed by atoms with Gasteiger partial charge in [-0.1, -0.05) is 29.8 Å². The highest BCUT2D eigenvalue weighted by atomic mass is 35.5. The van der Waals surface area contributed by atoms with Crippen molar-refractivity contribution in [2.24, 2.45) is 0 Å². The summed E-state index contributed by atoms with van der Waals surface area (Å²) in [5.41, 5.74) is 3.87. The molecule has 0 saturated heterocycles. The third kappa shape index (κ3) is 3.30. The molecule has 5 nitrogen and oxygen atoms in total. The molecule has 29 heavy (non-hydrogen) atoms. The zero-order valence-corrected chi connectivity index (χ0v) is 16.1. The van der Waals surface area contributed by atoms with Crippen LogP contribution in [0.3, 0.4) is 0 Å². The number of aromatic nitrogens is 2. The lowest BCUT2D eigenvalue weighted by molar-refractivity contribution is 0.171. The first-order valence-corrected chi connectivity index (χ1v) is 9.61. The van der Waals surface area contributed by atoms with Crippen LogP contribution in [0.1, 0.15) is 0 Å². The Hall–Kier alpha value is -3.44. The zero-order valence-electron chi connectivity index (χ0n) is 15.4. The van der Waals surface area contributed by atoms with Crippen LogP contribution in [0, 0.1) is 0 Å². The fourth-order valence-corrected chi connectivity index (χ4v) is 3.57. The highest BCUT2D eigenvalue weighted by Crippen LogP contribution is 2.38. The van der Waals surface area contributed by atoms with E-state index in [1.165, 1.54) is 0 Å². The van der Waals surface area contributed by atoms with Crippen LogP contribution >= 0.6 is 11.6 Å². The minimum atomic E-state index is 0.139. The van der Waals surface area contributed by atoms with Gasteiger partial charge in [-0.3, -0.25) is 0 Å². The molecule has 5 rings (SSSR count). The van der Waals surface area contributed by atoms with Gasteiger partial charge in [-0.2, -0.15) is 5.10 Å². The standard InChI is InChI=1S/C23H17ClN2O3/c24-16-7-8-21(27)18(13-16)20-14-19(25-26(20)17-4-2-1-3-5-17)15-6-9-22-23(12-15)29-11-10-28-22/h1-9,12-14,27H,10-11H2. The lowest BCUT2D eigenvalue weighted by Gasteiger charge is -2.18. The molecule has 6 heteroatoms. The number of hydrogen-bond acceptors (Lipinski definition) is 4. The van der Waals surface area contributed by atoms with Gasteiger partial charge < -0.3 is 14.6 Å². The van der Waals surface area contributed by atoms with E-state index in [4.69, 9.17) is 26.2 Å². The maximum atomic E-state index is 10.5. The average Bonchev–Trinajstić information content (AvgIpc) is 3.21. The van der Waals surface area contributed by atoms with E-state index in [-0.39, 0.29) is 5.75 Å². The molecular weight excluding hydrogens is 388 g/mol. The Morgan fingerprint density at radius 2 is 1.66 bits per heavy atom. The van der Waals surface area contributed by atoms with Crippen LogP contribution in [0.4, 0.5) is 0 Å². The Bertz CT molecular complexity index is 1190. The molecule has 1 N–H and O–H groups in total. The minimum Gasteiger partial charge on any atom is -0.507 e. The highest BCUT2D eigenvalue weighted by molar-refractivity contribution is 6.31. The molecule has 1 aromatic heterocycles. The Balaban J connectivity index is 1.69. The van der Waals surface area contributed by atoms with Crippen LogP contribution in [0.15, 0.2) is 72.8 Å². The SMILES string of the molecule is Oc1ccc(Cl)cc1-c1cc(-c2ccc3c(c2)OCCO3)nn1-c1ccccc1. The molecule has 0 amide bonds. The third-order valence-corrected chi connectivity index (χ3v) is 5.02. The molecule has 0 atom stereocenters. The van der Waals surface area contributed by atoms with E-state index in [2.05, 4.69) is 0 Å². The fraction of sp³-hybridized carbons (Fsp3) is 0.0870. The lowest BCUT2D eigenvalue weighted by Crippen LogP contribution is -2.15. The van der Waals surface area contributed by atoms with E-state index in [9.17, 15) is 5.11 Å². The summed E-state index contributed by atoms with van der Waals surface area (Å²) < 4.78 is 13.1. The summed E-state index contributed by atoms with van der Waals surface area (Å²) in [5, 5.41) is 15.8. The number of para-hydroxylation sites is 1. The molecule has 0 radical (unpaired) electrons. The van der Waals surface area contributed by atoms with Gasteiger partial charge in [0.05, 0.1) is 17.1 Å². The summed E-state index contributed by atoms with van der Waals surface area (Å²) in [5.74, 6) is 1.57. The number of aromatic hydroxyl groups is 1. The lowest BCUT2D eigenvalue weighted by atomic mass is 10.1. The predicted molar refractivity (Wildman–Crippen MR) is 112 cm³/mol. The van der Waals surface area contributed by atoms with Crippen molar-refractivity contribution in [2.45, 2.75) is 0 Å². The van der Waals surface area contributed by atoms with Crippen molar-refractivity contribution in [1.29, 1.82) is 0 Å². The van der Waals surface area contributed by atoms with Crippen LogP contribution in [0.5, 0.6) is 17.2 Å². The van der Waals surface area contributed by atoms with Crippen molar-refractivity contribution < 1.29 is 14.6 Å². The molecule has 1 aliphatic heterocycles. The van der Waals surface area contributed by atoms with Crippen molar-refractivity contribution in [2.75, 3.05) is 13.2 Å². The fourth-order valence-electron chi connectivity index (χ4n) is 3.40. The molecule has 1 aliphatic rings. The maximum absolute atomic E-state index is 10.5. The number of benzene rings is 3. The van der Waals surface area contributed by atoms with Crippen LogP contribution in [-0.4, -0.2) is 28.1 Å². The summed E-state index contributed by atoms with van der Waals surface area (Å²) in [6.07, 6.45) is 0. The van der Waals surface area contributed by atoms with Gasteiger partial charge in [0.2, 0.25) is 0 Å². The Morgan fingerprint density at radius 3 is 2.48 bits per heavy atom. The first-order valence-electron chi connectivity index (χ1n) is 9.23. The second-order valence-corrected chi connectivity index (χ2v) is 7.12. The Kier molecular flexibility index (Phi) is 4.37. The normalized spacial score (nSPS) is 12.7. The van der Waals surface area contributed by atoms with Gasteiger partial charge >= 0.3 is 0 Å². The van der Waals surface area contributed by atoms with Gasteiger partial charge in [-0.15, -0.1) is 0 Å². The van der Waals surface area contributed by atoms with Crippen molar-refractivity contribution in [3.05, 3.63) is 77.8 Å². The van der Waals surface area contributed by atoms with Crippen LogP contribution < -0.4 is 9.47 Å². The first kappa shape index (κ1) is 17.6. The van der Waals surface area contributed by atoms with E-state index in [0.29, 0.717) is 29.5 Å². The predicted octanol–water partition coefficient (Wildman–Crippen LogP) is 5.34. The van der Waals surface area contributed by atoms with Gasteiger partial charge in [0.1, 0.15) is 19.0 Å². The second-order valence-electron chi connectivity index (χ2n) is 6.68. The highest BCUT2D eigenvalue weighted by Gasteiger charge is 2.18. The van der Waals surface area contributed by atoms with E-state index < -0.39 is 0 Å². The van der Waals surface area contributed by atoms with Crippen molar-refractivity contribution in [1.82, 2.24) is 9.78 Å². The van der Waals surface area contributed by atoms with Crippen molar-refractivity contribution in [3.8, 4) is 45.5 Å². The van der Waals surface area contributed by atoms with E-state index in [0.717, 1.165) is 28.4 Å². The summed E-state index contributed by atoms with van der Waals surface area (Å²) in [6, 6.07) is 22.5. The van der Waals surface area contributed by atoms with Gasteiger partial charge in [0, 0.05) is 16.1 Å². The summed E-state index contributed by atoms with van der Waals surface area (Å²) >= 11 is 6.20. The smallest absolute Gasteiger partial charge is 0.162 e. The monoisotopic (exact) mass is 404 g/mol. The zero-order chi connectivity index (χ0) is 19.8. The molecule has 0 unspecified atom stereocenters. The number of ether oxygens (including phenoxy) is 2. The molecular formula is C23H17ClN2O3. The van der Waals surface area contributed by atoms with E-state index in [1.54, 1.807) is 22.9 Å². The summed E-state index contributed by atoms with van der Waals surface area (Å²) in [6.45, 7) is 1.07. The number of nitrogens with zero attached hydrogens (tertiary/aromatic N) is 2. The molecule has 0 bridgehead atoms. The molecule has 4 aromatic rings.